The molecular weight excluding hydrogens is 434 g/mol. The van der Waals surface area contributed by atoms with E-state index in [1.165, 1.54) is 5.01 Å². The maximum absolute atomic E-state index is 13.5. The van der Waals surface area contributed by atoms with Crippen molar-refractivity contribution in [3.05, 3.63) is 35.9 Å². The Morgan fingerprint density at radius 1 is 1.09 bits per heavy atom. The molecule has 1 aromatic carbocycles. The SMILES string of the molecule is CCOC(=O)[C@H](CCc1ccccc1)N[C@@H](C)C(=O)N(CC(=O)OC(C)(C)C)N1CCCCC1. The second kappa shape index (κ2) is 13.4. The number of nitrogens with zero attached hydrogens (tertiary/aromatic N) is 2. The van der Waals surface area contributed by atoms with Gasteiger partial charge >= 0.3 is 11.9 Å². The standard InChI is InChI=1S/C26H41N3O5/c1-6-33-25(32)22(16-15-21-13-9-7-10-14-21)27-20(2)24(31)29(28-17-11-8-12-18-28)19-23(30)34-26(3,4)5/h7,9-10,13-14,20,22,27H,6,8,11-12,15-19H2,1-5H3/t20-,22-/m0/s1. The molecule has 1 aliphatic heterocycles. The van der Waals surface area contributed by atoms with E-state index >= 15 is 0 Å². The van der Waals surface area contributed by atoms with E-state index in [4.69, 9.17) is 9.47 Å². The van der Waals surface area contributed by atoms with Crippen molar-refractivity contribution in [1.82, 2.24) is 15.3 Å². The number of benzene rings is 1. The van der Waals surface area contributed by atoms with Crippen LogP contribution in [0.2, 0.25) is 0 Å². The number of carbonyl (C=O) groups excluding carboxylic acids is 3. The number of hydrazine groups is 1. The third-order valence-corrected chi connectivity index (χ3v) is 5.58. The van der Waals surface area contributed by atoms with Crippen LogP contribution in [0.4, 0.5) is 0 Å². The van der Waals surface area contributed by atoms with Crippen LogP contribution >= 0.6 is 0 Å². The highest BCUT2D eigenvalue weighted by molar-refractivity contribution is 5.86. The minimum absolute atomic E-state index is 0.157. The van der Waals surface area contributed by atoms with Crippen molar-refractivity contribution in [2.45, 2.75) is 84.4 Å². The Kier molecular flexibility index (Phi) is 11.0. The normalized spacial score (nSPS) is 16.4. The predicted octanol–water partition coefficient (Wildman–Crippen LogP) is 3.10. The Morgan fingerprint density at radius 2 is 1.74 bits per heavy atom. The highest BCUT2D eigenvalue weighted by Crippen LogP contribution is 2.15. The summed E-state index contributed by atoms with van der Waals surface area (Å²) in [4.78, 5) is 38.7. The van der Waals surface area contributed by atoms with Gasteiger partial charge in [-0.05, 0) is 65.9 Å². The zero-order valence-electron chi connectivity index (χ0n) is 21.3. The highest BCUT2D eigenvalue weighted by Gasteiger charge is 2.33. The third-order valence-electron chi connectivity index (χ3n) is 5.58. The van der Waals surface area contributed by atoms with Gasteiger partial charge in [-0.1, -0.05) is 36.8 Å². The Labute approximate surface area is 203 Å². The Bertz CT molecular complexity index is 787. The summed E-state index contributed by atoms with van der Waals surface area (Å²) in [6.45, 7) is 10.4. The molecule has 34 heavy (non-hydrogen) atoms. The van der Waals surface area contributed by atoms with Gasteiger partial charge in [-0.15, -0.1) is 0 Å². The van der Waals surface area contributed by atoms with E-state index in [0.29, 0.717) is 25.9 Å². The van der Waals surface area contributed by atoms with E-state index in [9.17, 15) is 14.4 Å². The lowest BCUT2D eigenvalue weighted by molar-refractivity contribution is -0.171. The van der Waals surface area contributed by atoms with Gasteiger partial charge in [0.15, 0.2) is 0 Å². The average Bonchev–Trinajstić information content (AvgIpc) is 2.79. The summed E-state index contributed by atoms with van der Waals surface area (Å²) < 4.78 is 10.7. The van der Waals surface area contributed by atoms with Gasteiger partial charge < -0.3 is 9.47 Å². The molecule has 190 valence electrons. The first-order valence-electron chi connectivity index (χ1n) is 12.4. The van der Waals surface area contributed by atoms with Crippen molar-refractivity contribution in [3.63, 3.8) is 0 Å². The second-order valence-corrected chi connectivity index (χ2v) is 9.71. The Hall–Kier alpha value is -2.45. The van der Waals surface area contributed by atoms with Crippen molar-refractivity contribution >= 4 is 17.8 Å². The lowest BCUT2D eigenvalue weighted by Crippen LogP contribution is -2.58. The number of ether oxygens (including phenoxy) is 2. The molecular formula is C26H41N3O5. The smallest absolute Gasteiger partial charge is 0.327 e. The molecule has 1 saturated heterocycles. The van der Waals surface area contributed by atoms with E-state index < -0.39 is 23.7 Å². The number of esters is 2. The summed E-state index contributed by atoms with van der Waals surface area (Å²) >= 11 is 0. The van der Waals surface area contributed by atoms with E-state index in [1.807, 2.05) is 35.3 Å². The molecule has 0 aliphatic carbocycles. The number of piperidine rings is 1. The molecule has 0 radical (unpaired) electrons. The number of hydrogen-bond acceptors (Lipinski definition) is 7. The molecule has 1 N–H and O–H groups in total. The number of carbonyl (C=O) groups is 3. The van der Waals surface area contributed by atoms with Gasteiger partial charge in [0, 0.05) is 13.1 Å². The Balaban J connectivity index is 2.11. The van der Waals surface area contributed by atoms with E-state index in [2.05, 4.69) is 5.32 Å². The van der Waals surface area contributed by atoms with Crippen LogP contribution < -0.4 is 5.32 Å². The molecule has 1 aliphatic rings. The molecule has 8 nitrogen and oxygen atoms in total. The van der Waals surface area contributed by atoms with Crippen LogP contribution in [0.3, 0.4) is 0 Å². The summed E-state index contributed by atoms with van der Waals surface area (Å²) in [7, 11) is 0. The molecule has 0 saturated carbocycles. The van der Waals surface area contributed by atoms with Crippen molar-refractivity contribution < 1.29 is 23.9 Å². The van der Waals surface area contributed by atoms with Crippen LogP contribution in [0.15, 0.2) is 30.3 Å². The fourth-order valence-electron chi connectivity index (χ4n) is 4.00. The summed E-state index contributed by atoms with van der Waals surface area (Å²) in [5.74, 6) is -1.10. The van der Waals surface area contributed by atoms with Gasteiger partial charge in [0.05, 0.1) is 12.6 Å². The predicted molar refractivity (Wildman–Crippen MR) is 131 cm³/mol. The fraction of sp³-hybridized carbons (Fsp3) is 0.654. The molecule has 0 spiro atoms. The minimum Gasteiger partial charge on any atom is -0.465 e. The number of aryl methyl sites for hydroxylation is 1. The summed E-state index contributed by atoms with van der Waals surface area (Å²) in [6.07, 6.45) is 4.19. The molecule has 0 unspecified atom stereocenters. The third kappa shape index (κ3) is 9.43. The van der Waals surface area contributed by atoms with Crippen LogP contribution in [-0.2, 0) is 30.3 Å². The van der Waals surface area contributed by atoms with Crippen LogP contribution in [0, 0.1) is 0 Å². The summed E-state index contributed by atoms with van der Waals surface area (Å²) in [6, 6.07) is 8.57. The van der Waals surface area contributed by atoms with Gasteiger partial charge in [-0.25, -0.2) is 5.01 Å². The van der Waals surface area contributed by atoms with Gasteiger partial charge in [-0.3, -0.25) is 24.7 Å². The molecule has 1 aromatic rings. The molecule has 1 amide bonds. The number of hydrogen-bond donors (Lipinski definition) is 1. The van der Waals surface area contributed by atoms with Gasteiger partial charge in [0.1, 0.15) is 18.2 Å². The van der Waals surface area contributed by atoms with E-state index in [1.54, 1.807) is 34.6 Å². The van der Waals surface area contributed by atoms with Crippen LogP contribution in [0.1, 0.15) is 65.9 Å². The van der Waals surface area contributed by atoms with Crippen molar-refractivity contribution in [1.29, 1.82) is 0 Å². The summed E-state index contributed by atoms with van der Waals surface area (Å²) in [5.41, 5.74) is 0.474. The lowest BCUT2D eigenvalue weighted by atomic mass is 10.0. The minimum atomic E-state index is -0.686. The summed E-state index contributed by atoms with van der Waals surface area (Å²) in [5, 5.41) is 6.59. The van der Waals surface area contributed by atoms with E-state index in [0.717, 1.165) is 24.8 Å². The van der Waals surface area contributed by atoms with Gasteiger partial charge in [0.25, 0.3) is 5.91 Å². The van der Waals surface area contributed by atoms with E-state index in [-0.39, 0.29) is 25.0 Å². The van der Waals surface area contributed by atoms with Crippen molar-refractivity contribution in [2.24, 2.45) is 0 Å². The van der Waals surface area contributed by atoms with Gasteiger partial charge in [-0.2, -0.15) is 0 Å². The fourth-order valence-corrected chi connectivity index (χ4v) is 4.00. The maximum atomic E-state index is 13.5. The first-order valence-corrected chi connectivity index (χ1v) is 12.4. The van der Waals surface area contributed by atoms with Crippen LogP contribution in [-0.4, -0.2) is 71.8 Å². The lowest BCUT2D eigenvalue weighted by Gasteiger charge is -2.39. The van der Waals surface area contributed by atoms with Crippen molar-refractivity contribution in [3.8, 4) is 0 Å². The van der Waals surface area contributed by atoms with Crippen LogP contribution in [0.5, 0.6) is 0 Å². The molecule has 0 aromatic heterocycles. The number of amides is 1. The quantitative estimate of drug-likeness (QED) is 0.492. The number of nitrogens with one attached hydrogen (secondary N) is 1. The van der Waals surface area contributed by atoms with Gasteiger partial charge in [0.2, 0.25) is 0 Å². The van der Waals surface area contributed by atoms with Crippen LogP contribution in [0.25, 0.3) is 0 Å². The first kappa shape index (κ1) is 27.8. The largest absolute Gasteiger partial charge is 0.465 e. The monoisotopic (exact) mass is 475 g/mol. The van der Waals surface area contributed by atoms with Crippen molar-refractivity contribution in [2.75, 3.05) is 26.2 Å². The molecule has 0 bridgehead atoms. The number of rotatable bonds is 11. The second-order valence-electron chi connectivity index (χ2n) is 9.71. The topological polar surface area (TPSA) is 88.2 Å². The average molecular weight is 476 g/mol. The molecule has 1 heterocycles. The Morgan fingerprint density at radius 3 is 2.32 bits per heavy atom. The molecule has 1 fully saturated rings. The molecule has 2 atom stereocenters. The zero-order chi connectivity index (χ0) is 25.1. The molecule has 8 heteroatoms. The zero-order valence-corrected chi connectivity index (χ0v) is 21.3. The maximum Gasteiger partial charge on any atom is 0.327 e. The molecule has 2 rings (SSSR count). The first-order chi connectivity index (χ1) is 16.1. The highest BCUT2D eigenvalue weighted by atomic mass is 16.6.